The van der Waals surface area contributed by atoms with E-state index in [1.807, 2.05) is 56.3 Å². The fourth-order valence-electron chi connectivity index (χ4n) is 10.1. The summed E-state index contributed by atoms with van der Waals surface area (Å²) in [5.74, 6) is -5.17. The van der Waals surface area contributed by atoms with E-state index >= 15 is 0 Å². The van der Waals surface area contributed by atoms with Crippen molar-refractivity contribution in [2.75, 3.05) is 20.6 Å². The molecule has 3 saturated heterocycles. The summed E-state index contributed by atoms with van der Waals surface area (Å²) < 4.78 is 38.0. The van der Waals surface area contributed by atoms with Crippen molar-refractivity contribution in [3.63, 3.8) is 0 Å². The molecule has 5 heterocycles. The number of rotatable bonds is 12. The van der Waals surface area contributed by atoms with E-state index in [-0.39, 0.29) is 31.6 Å². The molecule has 18 nitrogen and oxygen atoms in total. The molecule has 0 unspecified atom stereocenters. The van der Waals surface area contributed by atoms with Gasteiger partial charge in [-0.3, -0.25) is 19.4 Å². The Morgan fingerprint density at radius 3 is 2.30 bits per heavy atom. The molecule has 0 spiro atoms. The number of aromatic nitrogens is 3. The Labute approximate surface area is 404 Å². The lowest BCUT2D eigenvalue weighted by molar-refractivity contribution is -0.298. The number of benzene rings is 1. The normalized spacial score (nSPS) is 33.4. The monoisotopic (exact) mass is 956 g/mol. The minimum atomic E-state index is -1.77. The summed E-state index contributed by atoms with van der Waals surface area (Å²) in [6, 6.07) is 11.3. The highest BCUT2D eigenvalue weighted by molar-refractivity contribution is 5.85. The molecule has 0 saturated carbocycles. The Morgan fingerprint density at radius 2 is 1.65 bits per heavy atom. The van der Waals surface area contributed by atoms with Crippen molar-refractivity contribution in [2.45, 2.75) is 141 Å². The molecule has 3 aliphatic rings. The van der Waals surface area contributed by atoms with E-state index in [1.165, 1.54) is 0 Å². The second-order valence-electron chi connectivity index (χ2n) is 19.3. The molecule has 3 fully saturated rings. The van der Waals surface area contributed by atoms with Crippen molar-refractivity contribution in [3.8, 4) is 11.4 Å². The first-order valence-electron chi connectivity index (χ1n) is 23.7. The van der Waals surface area contributed by atoms with Crippen LogP contribution in [-0.2, 0) is 49.2 Å². The summed E-state index contributed by atoms with van der Waals surface area (Å²) in [7, 11) is 3.67. The van der Waals surface area contributed by atoms with Gasteiger partial charge in [-0.1, -0.05) is 64.1 Å². The van der Waals surface area contributed by atoms with Gasteiger partial charge in [0.1, 0.15) is 35.8 Å². The number of ketones is 1. The van der Waals surface area contributed by atoms with E-state index in [0.717, 1.165) is 11.1 Å². The van der Waals surface area contributed by atoms with E-state index < -0.39 is 108 Å². The van der Waals surface area contributed by atoms with Gasteiger partial charge in [0, 0.05) is 60.7 Å². The van der Waals surface area contributed by atoms with E-state index in [0.29, 0.717) is 17.8 Å². The topological polar surface area (TPSA) is 227 Å². The number of amides is 2. The lowest BCUT2D eigenvalue weighted by atomic mass is 9.73. The number of alkyl carbamates (subject to hydrolysis) is 2. The van der Waals surface area contributed by atoms with E-state index in [9.17, 15) is 29.1 Å². The van der Waals surface area contributed by atoms with Crippen molar-refractivity contribution in [1.82, 2.24) is 30.5 Å². The molecular formula is C51H68N6O12. The van der Waals surface area contributed by atoms with Crippen LogP contribution in [-0.4, -0.2) is 136 Å². The number of esters is 2. The minimum absolute atomic E-state index is 0.0359. The maximum Gasteiger partial charge on any atom is 0.408 e. The fourth-order valence-corrected chi connectivity index (χ4v) is 10.1. The Hall–Kier alpha value is -5.82. The van der Waals surface area contributed by atoms with Gasteiger partial charge < -0.3 is 49.1 Å². The SMILES string of the molecule is CC[C@H]1OC(=O)[C@H](C)[C@@H](OC(=O)Cc2ccncc2)[C@H](C)[C@@H](O[C@@H]2O[C@H](C)C[C@H](N(C)C)[C@H]2O)[C@](C)(OC(=O)NCC=Cc2ccc(-c3ncccn3)cc2)C[C@@H](C)C(=O)[C@H](C)[C@H]2NC(=O)O[C@@]21C. The standard InChI is InChI=1S/C51H68N6O12/c1-11-38-51(8)43(56-49(63)69-51)31(4)40(59)29(2)28-50(7,68-48(62)55-21-12-14-34-15-17-36(18-16-34)45-53-22-13-23-54-45)44(67-47-41(60)37(57(9)10)26-30(3)64-47)32(5)42(33(6)46(61)65-38)66-39(58)27-35-19-24-52-25-20-35/h12-20,22-25,29-33,37-38,41-44,47,60H,11,21,26-28H2,1-10H3,(H,55,62)(H,56,63)/t29-,30-,31+,32+,33-,37+,38-,41-,42+,43-,44-,47+,50-,51-/m1/s1. The van der Waals surface area contributed by atoms with Gasteiger partial charge in [-0.2, -0.15) is 0 Å². The molecule has 0 bridgehead atoms. The van der Waals surface area contributed by atoms with Crippen LogP contribution in [0, 0.1) is 23.7 Å². The zero-order chi connectivity index (χ0) is 50.2. The maximum atomic E-state index is 14.7. The summed E-state index contributed by atoms with van der Waals surface area (Å²) >= 11 is 0. The zero-order valence-electron chi connectivity index (χ0n) is 41.2. The molecule has 14 atom stereocenters. The van der Waals surface area contributed by atoms with Crippen LogP contribution in [0.15, 0.2) is 73.3 Å². The molecule has 2 amide bonds. The zero-order valence-corrected chi connectivity index (χ0v) is 41.2. The lowest BCUT2D eigenvalue weighted by Gasteiger charge is -2.48. The second kappa shape index (κ2) is 22.7. The highest BCUT2D eigenvalue weighted by Crippen LogP contribution is 2.42. The van der Waals surface area contributed by atoms with Gasteiger partial charge in [-0.05, 0) is 90.4 Å². The average Bonchev–Trinajstić information content (AvgIpc) is 3.64. The molecule has 1 aromatic carbocycles. The number of aliphatic hydroxyl groups excluding tert-OH is 1. The third-order valence-corrected chi connectivity index (χ3v) is 13.7. The van der Waals surface area contributed by atoms with Gasteiger partial charge in [-0.15, -0.1) is 0 Å². The molecule has 2 aromatic heterocycles. The largest absolute Gasteiger partial charge is 0.461 e. The Kier molecular flexibility index (Phi) is 17.3. The number of likely N-dealkylation sites (N-methyl/N-ethyl adjacent to an activating group) is 1. The van der Waals surface area contributed by atoms with Crippen LogP contribution in [0.1, 0.15) is 85.8 Å². The maximum absolute atomic E-state index is 14.7. The van der Waals surface area contributed by atoms with Gasteiger partial charge >= 0.3 is 24.1 Å². The van der Waals surface area contributed by atoms with E-state index in [1.54, 1.807) is 97.5 Å². The Balaban J connectivity index is 1.40. The molecule has 6 rings (SSSR count). The first-order valence-corrected chi connectivity index (χ1v) is 23.7. The molecule has 69 heavy (non-hydrogen) atoms. The number of Topliss-reactive ketones (excluding diaryl/α,β-unsaturated/α-hetero) is 1. The third-order valence-electron chi connectivity index (χ3n) is 13.7. The van der Waals surface area contributed by atoms with Crippen molar-refractivity contribution in [2.24, 2.45) is 23.7 Å². The summed E-state index contributed by atoms with van der Waals surface area (Å²) in [4.78, 5) is 85.0. The van der Waals surface area contributed by atoms with Crippen molar-refractivity contribution in [3.05, 3.63) is 84.5 Å². The van der Waals surface area contributed by atoms with Crippen LogP contribution in [0.4, 0.5) is 9.59 Å². The predicted octanol–water partition coefficient (Wildman–Crippen LogP) is 5.71. The first-order chi connectivity index (χ1) is 32.7. The number of carbonyl (C=O) groups is 5. The van der Waals surface area contributed by atoms with Crippen molar-refractivity contribution >= 4 is 36.0 Å². The number of aliphatic hydroxyl groups is 1. The van der Waals surface area contributed by atoms with E-state index in [4.69, 9.17) is 28.4 Å². The molecule has 0 radical (unpaired) electrons. The number of pyridine rings is 1. The predicted molar refractivity (Wildman–Crippen MR) is 253 cm³/mol. The van der Waals surface area contributed by atoms with Gasteiger partial charge in [0.2, 0.25) is 0 Å². The van der Waals surface area contributed by atoms with Crippen LogP contribution in [0.2, 0.25) is 0 Å². The molecular weight excluding hydrogens is 889 g/mol. The second-order valence-corrected chi connectivity index (χ2v) is 19.3. The number of hydrogen-bond acceptors (Lipinski definition) is 16. The van der Waals surface area contributed by atoms with Crippen molar-refractivity contribution in [1.29, 1.82) is 0 Å². The van der Waals surface area contributed by atoms with Crippen LogP contribution in [0.5, 0.6) is 0 Å². The lowest BCUT2D eigenvalue weighted by Crippen LogP contribution is -2.61. The summed E-state index contributed by atoms with van der Waals surface area (Å²) in [6.45, 7) is 13.5. The van der Waals surface area contributed by atoms with Gasteiger partial charge in [0.15, 0.2) is 17.7 Å². The first kappa shape index (κ1) is 52.5. The Morgan fingerprint density at radius 1 is 0.971 bits per heavy atom. The van der Waals surface area contributed by atoms with Gasteiger partial charge in [-0.25, -0.2) is 19.6 Å². The highest BCUT2D eigenvalue weighted by Gasteiger charge is 2.58. The van der Waals surface area contributed by atoms with Crippen LogP contribution < -0.4 is 10.6 Å². The summed E-state index contributed by atoms with van der Waals surface area (Å²) in [5, 5.41) is 17.5. The number of carbonyl (C=O) groups excluding carboxylic acids is 5. The number of nitrogens with zero attached hydrogens (tertiary/aromatic N) is 4. The molecule has 3 aromatic rings. The molecule has 0 aliphatic carbocycles. The molecule has 374 valence electrons. The number of fused-ring (bicyclic) bond motifs is 1. The molecule has 3 N–H and O–H groups in total. The molecule has 3 aliphatic heterocycles. The van der Waals surface area contributed by atoms with E-state index in [2.05, 4.69) is 25.6 Å². The molecule has 18 heteroatoms. The smallest absolute Gasteiger partial charge is 0.408 e. The van der Waals surface area contributed by atoms with Gasteiger partial charge in [0.05, 0.1) is 24.5 Å². The number of cyclic esters (lactones) is 1. The van der Waals surface area contributed by atoms with Crippen molar-refractivity contribution < 1.29 is 57.5 Å². The third kappa shape index (κ3) is 12.5. The summed E-state index contributed by atoms with van der Waals surface area (Å²) in [6.07, 6.45) is 2.12. The van der Waals surface area contributed by atoms with Crippen LogP contribution in [0.25, 0.3) is 17.5 Å². The van der Waals surface area contributed by atoms with Gasteiger partial charge in [0.25, 0.3) is 0 Å². The Bertz CT molecular complexity index is 2270. The van der Waals surface area contributed by atoms with Crippen LogP contribution in [0.3, 0.4) is 0 Å². The number of nitrogens with one attached hydrogen (secondary N) is 2. The number of ether oxygens (including phenoxy) is 6. The highest BCUT2D eigenvalue weighted by atomic mass is 16.7. The van der Waals surface area contributed by atoms with Crippen LogP contribution >= 0.6 is 0 Å². The average molecular weight is 957 g/mol. The number of hydrogen-bond donors (Lipinski definition) is 3. The quantitative estimate of drug-likeness (QED) is 0.146. The fraction of sp³-hybridized carbons (Fsp3) is 0.569. The minimum Gasteiger partial charge on any atom is -0.461 e. The summed E-state index contributed by atoms with van der Waals surface area (Å²) in [5.41, 5.74) is -0.957.